The molecule has 116 valence electrons. The van der Waals surface area contributed by atoms with Crippen LogP contribution < -0.4 is 10.1 Å². The van der Waals surface area contributed by atoms with E-state index in [4.69, 9.17) is 9.15 Å². The van der Waals surface area contributed by atoms with Crippen LogP contribution in [0.5, 0.6) is 5.75 Å². The summed E-state index contributed by atoms with van der Waals surface area (Å²) < 4.78 is 11.0. The van der Waals surface area contributed by atoms with Gasteiger partial charge in [-0.25, -0.2) is 4.98 Å². The summed E-state index contributed by atoms with van der Waals surface area (Å²) in [5.74, 6) is 2.19. The van der Waals surface area contributed by atoms with Crippen LogP contribution in [-0.4, -0.2) is 17.5 Å². The van der Waals surface area contributed by atoms with Gasteiger partial charge in [0, 0.05) is 11.6 Å². The maximum absolute atomic E-state index is 12.3. The smallest absolute Gasteiger partial charge is 0.277 e. The Kier molecular flexibility index (Phi) is 4.13. The number of nitrogens with one attached hydrogen (secondary N) is 1. The summed E-state index contributed by atoms with van der Waals surface area (Å²) in [6, 6.07) is 7.28. The van der Waals surface area contributed by atoms with Crippen molar-refractivity contribution in [2.24, 2.45) is 0 Å². The van der Waals surface area contributed by atoms with Gasteiger partial charge in [0.05, 0.1) is 6.61 Å². The van der Waals surface area contributed by atoms with E-state index in [0.29, 0.717) is 35.6 Å². The Morgan fingerprint density at radius 1 is 1.36 bits per heavy atom. The van der Waals surface area contributed by atoms with Crippen LogP contribution in [0.15, 0.2) is 28.7 Å². The van der Waals surface area contributed by atoms with E-state index < -0.39 is 0 Å². The highest BCUT2D eigenvalue weighted by atomic mass is 16.5. The lowest BCUT2D eigenvalue weighted by Crippen LogP contribution is -2.14. The summed E-state index contributed by atoms with van der Waals surface area (Å²) in [5, 5.41) is 2.84. The molecule has 0 radical (unpaired) electrons. The van der Waals surface area contributed by atoms with Crippen molar-refractivity contribution in [2.45, 2.75) is 39.0 Å². The summed E-state index contributed by atoms with van der Waals surface area (Å²) in [5.41, 5.74) is 1.08. The predicted molar refractivity (Wildman–Crippen MR) is 83.4 cm³/mol. The molecule has 1 aliphatic carbocycles. The fourth-order valence-corrected chi connectivity index (χ4v) is 2.45. The molecule has 5 nitrogen and oxygen atoms in total. The van der Waals surface area contributed by atoms with Crippen molar-refractivity contribution in [1.29, 1.82) is 0 Å². The first kappa shape index (κ1) is 14.6. The summed E-state index contributed by atoms with van der Waals surface area (Å²) in [6.07, 6.45) is 3.40. The molecule has 1 saturated carbocycles. The molecule has 0 aliphatic heterocycles. The van der Waals surface area contributed by atoms with E-state index in [-0.39, 0.29) is 5.91 Å². The standard InChI is InChI=1S/C17H20N2O3/c1-3-21-14-9-7-13(8-10-14)18-16(20)15-11(2)22-17(19-15)12-5-4-6-12/h7-10,12H,3-6H2,1-2H3,(H,18,20). The monoisotopic (exact) mass is 300 g/mol. The van der Waals surface area contributed by atoms with Gasteiger partial charge in [-0.15, -0.1) is 0 Å². The van der Waals surface area contributed by atoms with E-state index in [1.54, 1.807) is 6.92 Å². The Bertz CT molecular complexity index is 657. The van der Waals surface area contributed by atoms with Crippen LogP contribution in [0, 0.1) is 6.92 Å². The van der Waals surface area contributed by atoms with Crippen molar-refractivity contribution in [3.63, 3.8) is 0 Å². The highest BCUT2D eigenvalue weighted by molar-refractivity contribution is 6.03. The van der Waals surface area contributed by atoms with Crippen molar-refractivity contribution >= 4 is 11.6 Å². The molecule has 5 heteroatoms. The number of ether oxygens (including phenoxy) is 1. The molecule has 0 bridgehead atoms. The Labute approximate surface area is 129 Å². The van der Waals surface area contributed by atoms with Gasteiger partial charge in [-0.1, -0.05) is 6.42 Å². The van der Waals surface area contributed by atoms with Crippen LogP contribution in [0.1, 0.15) is 54.2 Å². The summed E-state index contributed by atoms with van der Waals surface area (Å²) >= 11 is 0. The number of benzene rings is 1. The zero-order chi connectivity index (χ0) is 15.5. The van der Waals surface area contributed by atoms with Crippen LogP contribution in [-0.2, 0) is 0 Å². The van der Waals surface area contributed by atoms with Crippen molar-refractivity contribution in [1.82, 2.24) is 4.98 Å². The van der Waals surface area contributed by atoms with Gasteiger partial charge in [0.15, 0.2) is 11.6 Å². The number of carbonyl (C=O) groups excluding carboxylic acids is 1. The zero-order valence-corrected chi connectivity index (χ0v) is 12.9. The van der Waals surface area contributed by atoms with E-state index in [0.717, 1.165) is 18.6 Å². The number of aryl methyl sites for hydroxylation is 1. The third kappa shape index (κ3) is 2.98. The fourth-order valence-electron chi connectivity index (χ4n) is 2.45. The number of anilines is 1. The van der Waals surface area contributed by atoms with E-state index in [2.05, 4.69) is 10.3 Å². The van der Waals surface area contributed by atoms with Crippen LogP contribution in [0.4, 0.5) is 5.69 Å². The molecule has 2 aromatic rings. The van der Waals surface area contributed by atoms with E-state index in [1.165, 1.54) is 6.42 Å². The molecule has 22 heavy (non-hydrogen) atoms. The minimum absolute atomic E-state index is 0.240. The predicted octanol–water partition coefficient (Wildman–Crippen LogP) is 3.90. The quantitative estimate of drug-likeness (QED) is 0.909. The van der Waals surface area contributed by atoms with Gasteiger partial charge in [-0.2, -0.15) is 0 Å². The second-order valence-corrected chi connectivity index (χ2v) is 5.50. The van der Waals surface area contributed by atoms with E-state index in [9.17, 15) is 4.79 Å². The molecule has 1 fully saturated rings. The van der Waals surface area contributed by atoms with Crippen molar-refractivity contribution in [3.8, 4) is 5.75 Å². The third-order valence-electron chi connectivity index (χ3n) is 3.91. The van der Waals surface area contributed by atoms with Crippen LogP contribution in [0.25, 0.3) is 0 Å². The number of aromatic nitrogens is 1. The average Bonchev–Trinajstić information content (AvgIpc) is 2.81. The Balaban J connectivity index is 1.69. The largest absolute Gasteiger partial charge is 0.494 e. The Hall–Kier alpha value is -2.30. The number of nitrogens with zero attached hydrogens (tertiary/aromatic N) is 1. The van der Waals surface area contributed by atoms with Crippen molar-refractivity contribution < 1.29 is 13.9 Å². The van der Waals surface area contributed by atoms with E-state index in [1.807, 2.05) is 31.2 Å². The summed E-state index contributed by atoms with van der Waals surface area (Å²) in [7, 11) is 0. The summed E-state index contributed by atoms with van der Waals surface area (Å²) in [6.45, 7) is 4.33. The summed E-state index contributed by atoms with van der Waals surface area (Å²) in [4.78, 5) is 16.7. The molecule has 1 amide bonds. The SMILES string of the molecule is CCOc1ccc(NC(=O)c2nc(C3CCC3)oc2C)cc1. The number of hydrogen-bond acceptors (Lipinski definition) is 4. The normalized spacial score (nSPS) is 14.5. The van der Waals surface area contributed by atoms with Gasteiger partial charge in [0.1, 0.15) is 11.5 Å². The van der Waals surface area contributed by atoms with Gasteiger partial charge in [0.25, 0.3) is 5.91 Å². The van der Waals surface area contributed by atoms with Crippen molar-refractivity contribution in [3.05, 3.63) is 41.6 Å². The molecule has 1 aromatic heterocycles. The Morgan fingerprint density at radius 3 is 2.68 bits per heavy atom. The Morgan fingerprint density at radius 2 is 2.09 bits per heavy atom. The minimum Gasteiger partial charge on any atom is -0.494 e. The number of hydrogen-bond donors (Lipinski definition) is 1. The van der Waals surface area contributed by atoms with Gasteiger partial charge in [-0.3, -0.25) is 4.79 Å². The molecular weight excluding hydrogens is 280 g/mol. The van der Waals surface area contributed by atoms with Gasteiger partial charge in [0.2, 0.25) is 0 Å². The lowest BCUT2D eigenvalue weighted by atomic mass is 9.85. The molecule has 1 N–H and O–H groups in total. The average molecular weight is 300 g/mol. The maximum Gasteiger partial charge on any atom is 0.277 e. The van der Waals surface area contributed by atoms with Gasteiger partial charge in [-0.05, 0) is 51.0 Å². The highest BCUT2D eigenvalue weighted by Gasteiger charge is 2.27. The fraction of sp³-hybridized carbons (Fsp3) is 0.412. The first-order valence-electron chi connectivity index (χ1n) is 7.69. The number of carbonyl (C=O) groups is 1. The van der Waals surface area contributed by atoms with Crippen LogP contribution in [0.3, 0.4) is 0 Å². The molecule has 3 rings (SSSR count). The van der Waals surface area contributed by atoms with Crippen LogP contribution >= 0.6 is 0 Å². The molecule has 0 spiro atoms. The first-order chi connectivity index (χ1) is 10.7. The van der Waals surface area contributed by atoms with Gasteiger partial charge >= 0.3 is 0 Å². The molecule has 1 aliphatic rings. The molecule has 0 unspecified atom stereocenters. The molecule has 1 aromatic carbocycles. The zero-order valence-electron chi connectivity index (χ0n) is 12.9. The van der Waals surface area contributed by atoms with Crippen molar-refractivity contribution in [2.75, 3.05) is 11.9 Å². The minimum atomic E-state index is -0.240. The molecular formula is C17H20N2O3. The second kappa shape index (κ2) is 6.22. The second-order valence-electron chi connectivity index (χ2n) is 5.50. The maximum atomic E-state index is 12.3. The molecule has 0 saturated heterocycles. The number of amides is 1. The molecule has 0 atom stereocenters. The highest BCUT2D eigenvalue weighted by Crippen LogP contribution is 2.36. The number of rotatable bonds is 5. The van der Waals surface area contributed by atoms with Gasteiger partial charge < -0.3 is 14.5 Å². The lowest BCUT2D eigenvalue weighted by molar-refractivity contribution is 0.102. The third-order valence-corrected chi connectivity index (χ3v) is 3.91. The topological polar surface area (TPSA) is 64.4 Å². The molecule has 1 heterocycles. The first-order valence-corrected chi connectivity index (χ1v) is 7.69. The van der Waals surface area contributed by atoms with Crippen LogP contribution in [0.2, 0.25) is 0 Å². The number of oxazole rings is 1. The van der Waals surface area contributed by atoms with E-state index >= 15 is 0 Å². The lowest BCUT2D eigenvalue weighted by Gasteiger charge is -2.21.